The lowest BCUT2D eigenvalue weighted by atomic mass is 9.72. The molecule has 0 spiro atoms. The fourth-order valence-electron chi connectivity index (χ4n) is 2.41. The topological polar surface area (TPSA) is 43.1 Å². The first-order valence-corrected chi connectivity index (χ1v) is 6.08. The predicted molar refractivity (Wildman–Crippen MR) is 68.2 cm³/mol. The number of carbonyl (C=O) groups excluding carboxylic acids is 1. The smallest absolute Gasteiger partial charge is 0.156 e. The third-order valence-corrected chi connectivity index (χ3v) is 3.37. The van der Waals surface area contributed by atoms with Crippen LogP contribution in [0.1, 0.15) is 46.5 Å². The van der Waals surface area contributed by atoms with Crippen molar-refractivity contribution in [2.45, 2.75) is 46.5 Å². The lowest BCUT2D eigenvalue weighted by Crippen LogP contribution is -2.19. The SMILES string of the molecule is CC1=C(/C=C/C(=O)CCN)C(C)(C)CCC1. The van der Waals surface area contributed by atoms with Crippen molar-refractivity contribution in [2.24, 2.45) is 11.1 Å². The summed E-state index contributed by atoms with van der Waals surface area (Å²) in [5.74, 6) is 0.129. The molecule has 0 heterocycles. The van der Waals surface area contributed by atoms with E-state index in [1.165, 1.54) is 24.0 Å². The van der Waals surface area contributed by atoms with Crippen LogP contribution in [0.5, 0.6) is 0 Å². The molecule has 90 valence electrons. The Balaban J connectivity index is 2.81. The number of hydrogen-bond acceptors (Lipinski definition) is 2. The van der Waals surface area contributed by atoms with Crippen molar-refractivity contribution in [3.63, 3.8) is 0 Å². The first-order valence-electron chi connectivity index (χ1n) is 6.08. The Morgan fingerprint density at radius 3 is 2.75 bits per heavy atom. The summed E-state index contributed by atoms with van der Waals surface area (Å²) in [6.07, 6.45) is 7.77. The summed E-state index contributed by atoms with van der Waals surface area (Å²) in [5, 5.41) is 0. The standard InChI is InChI=1S/C14H23NO/c1-11-5-4-9-14(2,3)13(11)7-6-12(16)8-10-15/h6-7H,4-5,8-10,15H2,1-3H3/b7-6+. The van der Waals surface area contributed by atoms with Gasteiger partial charge in [0.05, 0.1) is 0 Å². The summed E-state index contributed by atoms with van der Waals surface area (Å²) >= 11 is 0. The van der Waals surface area contributed by atoms with Crippen molar-refractivity contribution in [3.8, 4) is 0 Å². The highest BCUT2D eigenvalue weighted by molar-refractivity contribution is 5.90. The van der Waals surface area contributed by atoms with Crippen LogP contribution in [0.3, 0.4) is 0 Å². The van der Waals surface area contributed by atoms with Gasteiger partial charge < -0.3 is 5.73 Å². The maximum absolute atomic E-state index is 11.4. The van der Waals surface area contributed by atoms with Crippen molar-refractivity contribution >= 4 is 5.78 Å². The van der Waals surface area contributed by atoms with Gasteiger partial charge in [-0.15, -0.1) is 0 Å². The van der Waals surface area contributed by atoms with Gasteiger partial charge in [0.1, 0.15) is 0 Å². The zero-order valence-electron chi connectivity index (χ0n) is 10.7. The van der Waals surface area contributed by atoms with Gasteiger partial charge in [0.25, 0.3) is 0 Å². The number of allylic oxidation sites excluding steroid dienone is 4. The highest BCUT2D eigenvalue weighted by atomic mass is 16.1. The molecule has 0 atom stereocenters. The van der Waals surface area contributed by atoms with Crippen LogP contribution in [0.2, 0.25) is 0 Å². The minimum Gasteiger partial charge on any atom is -0.330 e. The second-order valence-corrected chi connectivity index (χ2v) is 5.27. The highest BCUT2D eigenvalue weighted by Gasteiger charge is 2.26. The summed E-state index contributed by atoms with van der Waals surface area (Å²) in [6.45, 7) is 7.12. The van der Waals surface area contributed by atoms with Gasteiger partial charge in [-0.1, -0.05) is 25.5 Å². The maximum Gasteiger partial charge on any atom is 0.156 e. The lowest BCUT2D eigenvalue weighted by Gasteiger charge is -2.32. The molecule has 2 heteroatoms. The lowest BCUT2D eigenvalue weighted by molar-refractivity contribution is -0.114. The van der Waals surface area contributed by atoms with Gasteiger partial charge in [-0.2, -0.15) is 0 Å². The third-order valence-electron chi connectivity index (χ3n) is 3.37. The van der Waals surface area contributed by atoms with Crippen LogP contribution in [-0.2, 0) is 4.79 Å². The Bertz CT molecular complexity index is 324. The van der Waals surface area contributed by atoms with E-state index >= 15 is 0 Å². The minimum atomic E-state index is 0.129. The molecule has 0 fully saturated rings. The van der Waals surface area contributed by atoms with E-state index in [9.17, 15) is 4.79 Å². The molecule has 0 saturated heterocycles. The van der Waals surface area contributed by atoms with Gasteiger partial charge in [0.15, 0.2) is 5.78 Å². The monoisotopic (exact) mass is 221 g/mol. The molecular weight excluding hydrogens is 198 g/mol. The quantitative estimate of drug-likeness (QED) is 0.742. The first-order chi connectivity index (χ1) is 7.47. The first kappa shape index (κ1) is 13.2. The van der Waals surface area contributed by atoms with E-state index in [4.69, 9.17) is 5.73 Å². The second kappa shape index (κ2) is 5.44. The predicted octanol–water partition coefficient (Wildman–Crippen LogP) is 2.99. The fraction of sp³-hybridized carbons (Fsp3) is 0.643. The zero-order chi connectivity index (χ0) is 12.2. The third kappa shape index (κ3) is 3.31. The van der Waals surface area contributed by atoms with E-state index in [-0.39, 0.29) is 11.2 Å². The average Bonchev–Trinajstić information content (AvgIpc) is 2.16. The molecule has 0 aliphatic heterocycles. The Hall–Kier alpha value is -0.890. The molecule has 1 rings (SSSR count). The van der Waals surface area contributed by atoms with Crippen LogP contribution in [-0.4, -0.2) is 12.3 Å². The largest absolute Gasteiger partial charge is 0.330 e. The fourth-order valence-corrected chi connectivity index (χ4v) is 2.41. The molecule has 0 aromatic carbocycles. The number of rotatable bonds is 4. The molecule has 0 amide bonds. The highest BCUT2D eigenvalue weighted by Crippen LogP contribution is 2.40. The van der Waals surface area contributed by atoms with Gasteiger partial charge in [-0.3, -0.25) is 4.79 Å². The Kier molecular flexibility index (Phi) is 4.48. The summed E-state index contributed by atoms with van der Waals surface area (Å²) in [5.41, 5.74) is 8.32. The van der Waals surface area contributed by atoms with Gasteiger partial charge in [-0.05, 0) is 49.8 Å². The Morgan fingerprint density at radius 1 is 1.50 bits per heavy atom. The summed E-state index contributed by atoms with van der Waals surface area (Å²) in [6, 6.07) is 0. The zero-order valence-corrected chi connectivity index (χ0v) is 10.7. The van der Waals surface area contributed by atoms with Crippen molar-refractivity contribution in [1.29, 1.82) is 0 Å². The van der Waals surface area contributed by atoms with E-state index in [2.05, 4.69) is 20.8 Å². The van der Waals surface area contributed by atoms with Crippen molar-refractivity contribution in [3.05, 3.63) is 23.3 Å². The molecule has 1 aliphatic carbocycles. The Morgan fingerprint density at radius 2 is 2.19 bits per heavy atom. The van der Waals surface area contributed by atoms with Crippen LogP contribution < -0.4 is 5.73 Å². The van der Waals surface area contributed by atoms with E-state index < -0.39 is 0 Å². The van der Waals surface area contributed by atoms with Gasteiger partial charge >= 0.3 is 0 Å². The molecular formula is C14H23NO. The Labute approximate surface area is 98.6 Å². The minimum absolute atomic E-state index is 0.129. The maximum atomic E-state index is 11.4. The van der Waals surface area contributed by atoms with Crippen LogP contribution in [0.4, 0.5) is 0 Å². The molecule has 0 unspecified atom stereocenters. The molecule has 16 heavy (non-hydrogen) atoms. The van der Waals surface area contributed by atoms with E-state index in [1.807, 2.05) is 6.08 Å². The number of ketones is 1. The van der Waals surface area contributed by atoms with E-state index in [0.717, 1.165) is 6.42 Å². The van der Waals surface area contributed by atoms with Crippen LogP contribution in [0.15, 0.2) is 23.3 Å². The molecule has 0 saturated carbocycles. The summed E-state index contributed by atoms with van der Waals surface area (Å²) in [7, 11) is 0. The number of nitrogens with two attached hydrogens (primary N) is 1. The van der Waals surface area contributed by atoms with Crippen molar-refractivity contribution in [1.82, 2.24) is 0 Å². The van der Waals surface area contributed by atoms with Crippen LogP contribution in [0.25, 0.3) is 0 Å². The normalized spacial score (nSPS) is 20.5. The summed E-state index contributed by atoms with van der Waals surface area (Å²) < 4.78 is 0. The molecule has 0 bridgehead atoms. The van der Waals surface area contributed by atoms with Crippen molar-refractivity contribution < 1.29 is 4.79 Å². The average molecular weight is 221 g/mol. The van der Waals surface area contributed by atoms with E-state index in [0.29, 0.717) is 13.0 Å². The van der Waals surface area contributed by atoms with Gasteiger partial charge in [-0.25, -0.2) is 0 Å². The number of carbonyl (C=O) groups is 1. The van der Waals surface area contributed by atoms with Crippen LogP contribution >= 0.6 is 0 Å². The molecule has 2 nitrogen and oxygen atoms in total. The van der Waals surface area contributed by atoms with Gasteiger partial charge in [0, 0.05) is 6.42 Å². The molecule has 0 aromatic rings. The summed E-state index contributed by atoms with van der Waals surface area (Å²) in [4.78, 5) is 11.4. The van der Waals surface area contributed by atoms with Gasteiger partial charge in [0.2, 0.25) is 0 Å². The van der Waals surface area contributed by atoms with Crippen molar-refractivity contribution in [2.75, 3.05) is 6.54 Å². The second-order valence-electron chi connectivity index (χ2n) is 5.27. The van der Waals surface area contributed by atoms with E-state index in [1.54, 1.807) is 6.08 Å². The molecule has 0 aromatic heterocycles. The van der Waals surface area contributed by atoms with Crippen LogP contribution in [0, 0.1) is 5.41 Å². The molecule has 2 N–H and O–H groups in total. The number of hydrogen-bond donors (Lipinski definition) is 1. The molecule has 0 radical (unpaired) electrons. The molecule has 1 aliphatic rings.